The van der Waals surface area contributed by atoms with Gasteiger partial charge in [-0.1, -0.05) is 29.3 Å². The van der Waals surface area contributed by atoms with Gasteiger partial charge in [-0.25, -0.2) is 4.98 Å². The SMILES string of the molecule is Cc1ccc(Cl)c(NC(=O)Cn2cnc3sc(C)c(C)c3c2=O)c1Cl. The Balaban J connectivity index is 1.91. The van der Waals surface area contributed by atoms with E-state index in [9.17, 15) is 9.59 Å². The summed E-state index contributed by atoms with van der Waals surface area (Å²) in [5.74, 6) is -0.401. The quantitative estimate of drug-likeness (QED) is 0.717. The molecule has 2 aromatic heterocycles. The molecule has 0 aliphatic carbocycles. The van der Waals surface area contributed by atoms with Crippen LogP contribution in [0.25, 0.3) is 10.2 Å². The van der Waals surface area contributed by atoms with Gasteiger partial charge in [0.2, 0.25) is 5.91 Å². The summed E-state index contributed by atoms with van der Waals surface area (Å²) in [6.45, 7) is 5.48. The molecule has 25 heavy (non-hydrogen) atoms. The molecule has 0 atom stereocenters. The molecule has 1 aromatic carbocycles. The molecule has 0 bridgehead atoms. The molecule has 130 valence electrons. The third-order valence-electron chi connectivity index (χ3n) is 4.02. The zero-order valence-electron chi connectivity index (χ0n) is 13.8. The van der Waals surface area contributed by atoms with Crippen LogP contribution in [0.5, 0.6) is 0 Å². The zero-order chi connectivity index (χ0) is 18.3. The number of nitrogens with zero attached hydrogens (tertiary/aromatic N) is 2. The number of carbonyl (C=O) groups excluding carboxylic acids is 1. The number of amides is 1. The molecule has 0 aliphatic heterocycles. The van der Waals surface area contributed by atoms with Gasteiger partial charge >= 0.3 is 0 Å². The Morgan fingerprint density at radius 3 is 2.72 bits per heavy atom. The van der Waals surface area contributed by atoms with Crippen molar-refractivity contribution in [3.8, 4) is 0 Å². The number of carbonyl (C=O) groups is 1. The van der Waals surface area contributed by atoms with Crippen LogP contribution in [0.4, 0.5) is 5.69 Å². The number of nitrogens with one attached hydrogen (secondary N) is 1. The number of fused-ring (bicyclic) bond motifs is 1. The molecule has 5 nitrogen and oxygen atoms in total. The fourth-order valence-electron chi connectivity index (χ4n) is 2.49. The third kappa shape index (κ3) is 3.29. The summed E-state index contributed by atoms with van der Waals surface area (Å²) in [5, 5.41) is 3.96. The van der Waals surface area contributed by atoms with Crippen molar-refractivity contribution < 1.29 is 4.79 Å². The molecule has 0 unspecified atom stereocenters. The predicted molar refractivity (Wildman–Crippen MR) is 103 cm³/mol. The van der Waals surface area contributed by atoms with Crippen LogP contribution >= 0.6 is 34.5 Å². The molecule has 0 radical (unpaired) electrons. The minimum absolute atomic E-state index is 0.170. The van der Waals surface area contributed by atoms with Crippen molar-refractivity contribution in [2.75, 3.05) is 5.32 Å². The van der Waals surface area contributed by atoms with Crippen LogP contribution in [-0.4, -0.2) is 15.5 Å². The van der Waals surface area contributed by atoms with Gasteiger partial charge in [-0.3, -0.25) is 14.2 Å². The number of rotatable bonds is 3. The van der Waals surface area contributed by atoms with Gasteiger partial charge in [0.15, 0.2) is 0 Å². The monoisotopic (exact) mass is 395 g/mol. The third-order valence-corrected chi connectivity index (χ3v) is 5.94. The maximum absolute atomic E-state index is 12.6. The molecule has 8 heteroatoms. The van der Waals surface area contributed by atoms with Gasteiger partial charge in [-0.2, -0.15) is 0 Å². The lowest BCUT2D eigenvalue weighted by atomic mass is 10.2. The van der Waals surface area contributed by atoms with Gasteiger partial charge in [-0.15, -0.1) is 11.3 Å². The van der Waals surface area contributed by atoms with Crippen molar-refractivity contribution in [1.29, 1.82) is 0 Å². The highest BCUT2D eigenvalue weighted by Crippen LogP contribution is 2.32. The van der Waals surface area contributed by atoms with Crippen LogP contribution in [0.15, 0.2) is 23.3 Å². The minimum Gasteiger partial charge on any atom is -0.322 e. The van der Waals surface area contributed by atoms with E-state index in [1.165, 1.54) is 22.2 Å². The van der Waals surface area contributed by atoms with E-state index in [1.807, 2.05) is 20.8 Å². The predicted octanol–water partition coefficient (Wildman–Crippen LogP) is 4.33. The van der Waals surface area contributed by atoms with Crippen LogP contribution in [0, 0.1) is 20.8 Å². The maximum atomic E-state index is 12.6. The Labute approximate surface area is 158 Å². The first-order chi connectivity index (χ1) is 11.8. The smallest absolute Gasteiger partial charge is 0.262 e. The van der Waals surface area contributed by atoms with Gasteiger partial charge in [0.05, 0.1) is 27.4 Å². The first-order valence-electron chi connectivity index (χ1n) is 7.49. The number of hydrogen-bond acceptors (Lipinski definition) is 4. The van der Waals surface area contributed by atoms with E-state index < -0.39 is 5.91 Å². The molecule has 1 N–H and O–H groups in total. The average Bonchev–Trinajstić information content (AvgIpc) is 2.86. The molecule has 2 heterocycles. The van der Waals surface area contributed by atoms with Crippen LogP contribution in [0.2, 0.25) is 10.0 Å². The molecule has 0 fully saturated rings. The van der Waals surface area contributed by atoms with Crippen LogP contribution < -0.4 is 10.9 Å². The van der Waals surface area contributed by atoms with Crippen molar-refractivity contribution >= 4 is 56.3 Å². The van der Waals surface area contributed by atoms with E-state index in [0.29, 0.717) is 25.9 Å². The molecule has 0 spiro atoms. The maximum Gasteiger partial charge on any atom is 0.262 e. The lowest BCUT2D eigenvalue weighted by Gasteiger charge is -2.12. The number of benzene rings is 1. The molecule has 0 saturated carbocycles. The van der Waals surface area contributed by atoms with Crippen molar-refractivity contribution in [3.05, 3.63) is 54.9 Å². The minimum atomic E-state index is -0.401. The Kier molecular flexibility index (Phi) is 4.86. The van der Waals surface area contributed by atoms with Gasteiger partial charge in [0.1, 0.15) is 11.4 Å². The Bertz CT molecular complexity index is 1060. The fraction of sp³-hybridized carbons (Fsp3) is 0.235. The summed E-state index contributed by atoms with van der Waals surface area (Å²) in [4.78, 5) is 31.0. The second-order valence-electron chi connectivity index (χ2n) is 5.74. The summed E-state index contributed by atoms with van der Waals surface area (Å²) < 4.78 is 1.29. The highest BCUT2D eigenvalue weighted by molar-refractivity contribution is 7.18. The van der Waals surface area contributed by atoms with Crippen LogP contribution in [0.3, 0.4) is 0 Å². The number of anilines is 1. The normalized spacial score (nSPS) is 11.1. The number of thiophene rings is 1. The number of hydrogen-bond donors (Lipinski definition) is 1. The standard InChI is InChI=1S/C17H15Cl2N3O2S/c1-8-4-5-11(18)15(14(8)19)21-12(23)6-22-7-20-16-13(17(22)24)9(2)10(3)25-16/h4-5,7H,6H2,1-3H3,(H,21,23). The van der Waals surface area contributed by atoms with Crippen molar-refractivity contribution in [3.63, 3.8) is 0 Å². The molecule has 3 rings (SSSR count). The first-order valence-corrected chi connectivity index (χ1v) is 9.06. The summed E-state index contributed by atoms with van der Waals surface area (Å²) >= 11 is 13.8. The molecule has 3 aromatic rings. The van der Waals surface area contributed by atoms with Gasteiger partial charge in [-0.05, 0) is 38.0 Å². The number of halogens is 2. The highest BCUT2D eigenvalue weighted by atomic mass is 35.5. The second kappa shape index (κ2) is 6.78. The highest BCUT2D eigenvalue weighted by Gasteiger charge is 2.16. The lowest BCUT2D eigenvalue weighted by molar-refractivity contribution is -0.116. The van der Waals surface area contributed by atoms with Crippen LogP contribution in [-0.2, 0) is 11.3 Å². The first kappa shape index (κ1) is 17.9. The Morgan fingerprint density at radius 2 is 2.00 bits per heavy atom. The lowest BCUT2D eigenvalue weighted by Crippen LogP contribution is -2.28. The fourth-order valence-corrected chi connectivity index (χ4v) is 3.94. The number of aromatic nitrogens is 2. The number of aryl methyl sites for hydroxylation is 3. The molecular formula is C17H15Cl2N3O2S. The van der Waals surface area contributed by atoms with E-state index >= 15 is 0 Å². The summed E-state index contributed by atoms with van der Waals surface area (Å²) in [6, 6.07) is 3.43. The van der Waals surface area contributed by atoms with Gasteiger partial charge < -0.3 is 5.32 Å². The van der Waals surface area contributed by atoms with E-state index in [1.54, 1.807) is 12.1 Å². The van der Waals surface area contributed by atoms with E-state index in [2.05, 4.69) is 10.3 Å². The van der Waals surface area contributed by atoms with Crippen LogP contribution in [0.1, 0.15) is 16.0 Å². The summed E-state index contributed by atoms with van der Waals surface area (Å²) in [7, 11) is 0. The van der Waals surface area contributed by atoms with E-state index in [4.69, 9.17) is 23.2 Å². The second-order valence-corrected chi connectivity index (χ2v) is 7.73. The average molecular weight is 396 g/mol. The largest absolute Gasteiger partial charge is 0.322 e. The Morgan fingerprint density at radius 1 is 1.28 bits per heavy atom. The molecule has 0 saturated heterocycles. The van der Waals surface area contributed by atoms with Crippen molar-refractivity contribution in [1.82, 2.24) is 9.55 Å². The van der Waals surface area contributed by atoms with E-state index in [-0.39, 0.29) is 12.1 Å². The summed E-state index contributed by atoms with van der Waals surface area (Å²) in [5.41, 5.74) is 1.81. The molecule has 0 aliphatic rings. The van der Waals surface area contributed by atoms with Crippen molar-refractivity contribution in [2.24, 2.45) is 0 Å². The van der Waals surface area contributed by atoms with Gasteiger partial charge in [0.25, 0.3) is 5.56 Å². The molecule has 1 amide bonds. The zero-order valence-corrected chi connectivity index (χ0v) is 16.1. The Hall–Kier alpha value is -1.89. The van der Waals surface area contributed by atoms with E-state index in [0.717, 1.165) is 16.0 Å². The topological polar surface area (TPSA) is 64.0 Å². The van der Waals surface area contributed by atoms with Gasteiger partial charge in [0, 0.05) is 4.88 Å². The van der Waals surface area contributed by atoms with Crippen molar-refractivity contribution in [2.45, 2.75) is 27.3 Å². The summed E-state index contributed by atoms with van der Waals surface area (Å²) in [6.07, 6.45) is 1.39. The molecular weight excluding hydrogens is 381 g/mol.